The maximum atomic E-state index is 12.4. The van der Waals surface area contributed by atoms with E-state index in [2.05, 4.69) is 15.3 Å². The minimum atomic E-state index is -0.623. The van der Waals surface area contributed by atoms with Crippen LogP contribution >= 0.6 is 0 Å². The van der Waals surface area contributed by atoms with Crippen LogP contribution in [0.1, 0.15) is 28.5 Å². The monoisotopic (exact) mass is 345 g/mol. The third kappa shape index (κ3) is 4.66. The largest absolute Gasteiger partial charge is 0.493 e. The summed E-state index contributed by atoms with van der Waals surface area (Å²) in [6, 6.07) is 4.52. The van der Waals surface area contributed by atoms with Crippen LogP contribution in [0, 0.1) is 0 Å². The Morgan fingerprint density at radius 3 is 2.48 bits per heavy atom. The van der Waals surface area contributed by atoms with E-state index >= 15 is 0 Å². The van der Waals surface area contributed by atoms with Gasteiger partial charge in [-0.2, -0.15) is 0 Å². The summed E-state index contributed by atoms with van der Waals surface area (Å²) in [4.78, 5) is 31.9. The van der Waals surface area contributed by atoms with E-state index in [4.69, 9.17) is 14.2 Å². The molecule has 0 bridgehead atoms. The molecule has 1 aromatic heterocycles. The van der Waals surface area contributed by atoms with Crippen molar-refractivity contribution in [2.24, 2.45) is 0 Å². The average Bonchev–Trinajstić information content (AvgIpc) is 2.67. The summed E-state index contributed by atoms with van der Waals surface area (Å²) in [6.07, 6.45) is 4.19. The second kappa shape index (κ2) is 8.62. The molecule has 1 N–H and O–H groups in total. The summed E-state index contributed by atoms with van der Waals surface area (Å²) in [5.41, 5.74) is 0.818. The number of hydrogen-bond donors (Lipinski definition) is 1. The lowest BCUT2D eigenvalue weighted by atomic mass is 10.0. The number of nitrogens with one attached hydrogen (secondary N) is 1. The molecule has 0 saturated carbocycles. The van der Waals surface area contributed by atoms with Crippen LogP contribution in [0.3, 0.4) is 0 Å². The maximum absolute atomic E-state index is 12.4. The second-order valence-corrected chi connectivity index (χ2v) is 5.01. The number of benzene rings is 1. The van der Waals surface area contributed by atoms with Gasteiger partial charge in [0.15, 0.2) is 11.5 Å². The smallest absolute Gasteiger partial charge is 0.307 e. The first kappa shape index (κ1) is 18.2. The second-order valence-electron chi connectivity index (χ2n) is 5.01. The molecule has 1 heterocycles. The van der Waals surface area contributed by atoms with Gasteiger partial charge in [0.2, 0.25) is 0 Å². The topological polar surface area (TPSA) is 99.6 Å². The van der Waals surface area contributed by atoms with Crippen molar-refractivity contribution in [3.05, 3.63) is 48.0 Å². The van der Waals surface area contributed by atoms with Crippen LogP contribution < -0.4 is 14.8 Å². The molecular weight excluding hydrogens is 326 g/mol. The molecule has 1 unspecified atom stereocenters. The third-order valence-corrected chi connectivity index (χ3v) is 3.51. The fraction of sp³-hybridized carbons (Fsp3) is 0.294. The Morgan fingerprint density at radius 2 is 1.88 bits per heavy atom. The van der Waals surface area contributed by atoms with Crippen molar-refractivity contribution in [2.75, 3.05) is 21.3 Å². The molecule has 2 rings (SSSR count). The minimum Gasteiger partial charge on any atom is -0.493 e. The summed E-state index contributed by atoms with van der Waals surface area (Å²) < 4.78 is 15.2. The van der Waals surface area contributed by atoms with Crippen LogP contribution in [0.15, 0.2) is 36.8 Å². The van der Waals surface area contributed by atoms with E-state index in [0.29, 0.717) is 17.1 Å². The first-order valence-corrected chi connectivity index (χ1v) is 7.44. The highest BCUT2D eigenvalue weighted by molar-refractivity contribution is 5.92. The summed E-state index contributed by atoms with van der Waals surface area (Å²) >= 11 is 0. The molecule has 8 heteroatoms. The molecular formula is C17H19N3O5. The first-order valence-electron chi connectivity index (χ1n) is 7.44. The normalized spacial score (nSPS) is 11.3. The lowest BCUT2D eigenvalue weighted by molar-refractivity contribution is -0.141. The van der Waals surface area contributed by atoms with Crippen molar-refractivity contribution in [3.8, 4) is 11.5 Å². The van der Waals surface area contributed by atoms with Gasteiger partial charge < -0.3 is 19.5 Å². The van der Waals surface area contributed by atoms with Crippen molar-refractivity contribution < 1.29 is 23.8 Å². The van der Waals surface area contributed by atoms with Gasteiger partial charge in [0.1, 0.15) is 5.69 Å². The molecule has 0 aliphatic heterocycles. The van der Waals surface area contributed by atoms with Crippen LogP contribution in [0.2, 0.25) is 0 Å². The van der Waals surface area contributed by atoms with E-state index in [-0.39, 0.29) is 12.1 Å². The summed E-state index contributed by atoms with van der Waals surface area (Å²) in [7, 11) is 4.33. The number of amides is 1. The van der Waals surface area contributed by atoms with E-state index in [1.165, 1.54) is 39.9 Å². The zero-order valence-electron chi connectivity index (χ0n) is 14.2. The average molecular weight is 345 g/mol. The molecule has 2 aromatic rings. The zero-order valence-corrected chi connectivity index (χ0v) is 14.2. The van der Waals surface area contributed by atoms with Crippen LogP contribution in [-0.4, -0.2) is 43.2 Å². The fourth-order valence-corrected chi connectivity index (χ4v) is 2.22. The molecule has 0 aliphatic carbocycles. The molecule has 0 fully saturated rings. The number of rotatable bonds is 7. The lowest BCUT2D eigenvalue weighted by Gasteiger charge is -2.19. The number of nitrogens with zero attached hydrogens (tertiary/aromatic N) is 2. The highest BCUT2D eigenvalue weighted by Crippen LogP contribution is 2.31. The standard InChI is InChI=1S/C17H19N3O5/c1-23-14-5-4-11(8-15(14)24-2)12(9-16(21)25-3)20-17(22)13-10-18-6-7-19-13/h4-8,10,12H,9H2,1-3H3,(H,20,22). The van der Waals surface area contributed by atoms with Crippen LogP contribution in [0.5, 0.6) is 11.5 Å². The Morgan fingerprint density at radius 1 is 1.12 bits per heavy atom. The Kier molecular flexibility index (Phi) is 6.27. The van der Waals surface area contributed by atoms with Crippen molar-refractivity contribution in [2.45, 2.75) is 12.5 Å². The van der Waals surface area contributed by atoms with Gasteiger partial charge in [-0.15, -0.1) is 0 Å². The minimum absolute atomic E-state index is 0.0437. The first-order chi connectivity index (χ1) is 12.1. The van der Waals surface area contributed by atoms with E-state index in [1.54, 1.807) is 18.2 Å². The number of aromatic nitrogens is 2. The summed E-state index contributed by atoms with van der Waals surface area (Å²) in [5, 5.41) is 2.76. The number of methoxy groups -OCH3 is 3. The van der Waals surface area contributed by atoms with Crippen LogP contribution in [-0.2, 0) is 9.53 Å². The van der Waals surface area contributed by atoms with Crippen LogP contribution in [0.25, 0.3) is 0 Å². The van der Waals surface area contributed by atoms with Gasteiger partial charge >= 0.3 is 5.97 Å². The number of esters is 1. The highest BCUT2D eigenvalue weighted by Gasteiger charge is 2.21. The number of carbonyl (C=O) groups is 2. The lowest BCUT2D eigenvalue weighted by Crippen LogP contribution is -2.31. The van der Waals surface area contributed by atoms with Crippen molar-refractivity contribution in [1.82, 2.24) is 15.3 Å². The molecule has 0 radical (unpaired) electrons. The summed E-state index contributed by atoms with van der Waals surface area (Å²) in [6.45, 7) is 0. The van der Waals surface area contributed by atoms with Gasteiger partial charge in [0, 0.05) is 12.4 Å². The van der Waals surface area contributed by atoms with Gasteiger partial charge in [-0.05, 0) is 17.7 Å². The predicted molar refractivity (Wildman–Crippen MR) is 88.4 cm³/mol. The molecule has 1 atom stereocenters. The third-order valence-electron chi connectivity index (χ3n) is 3.51. The number of hydrogen-bond acceptors (Lipinski definition) is 7. The summed E-state index contributed by atoms with van der Waals surface area (Å²) in [5.74, 6) is 0.128. The molecule has 1 amide bonds. The predicted octanol–water partition coefficient (Wildman–Crippen LogP) is 1.53. The Bertz CT molecular complexity index is 736. The molecule has 8 nitrogen and oxygen atoms in total. The number of ether oxygens (including phenoxy) is 3. The van der Waals surface area contributed by atoms with E-state index in [1.807, 2.05) is 0 Å². The Balaban J connectivity index is 2.29. The van der Waals surface area contributed by atoms with Gasteiger partial charge in [-0.3, -0.25) is 14.6 Å². The molecule has 0 spiro atoms. The maximum Gasteiger partial charge on any atom is 0.307 e. The molecule has 0 aliphatic rings. The van der Waals surface area contributed by atoms with Gasteiger partial charge in [-0.25, -0.2) is 4.98 Å². The fourth-order valence-electron chi connectivity index (χ4n) is 2.22. The van der Waals surface area contributed by atoms with Gasteiger partial charge in [0.25, 0.3) is 5.91 Å². The zero-order chi connectivity index (χ0) is 18.2. The van der Waals surface area contributed by atoms with Gasteiger partial charge in [-0.1, -0.05) is 6.07 Å². The molecule has 0 saturated heterocycles. The molecule has 132 valence electrons. The quantitative estimate of drug-likeness (QED) is 0.760. The van der Waals surface area contributed by atoms with E-state index < -0.39 is 17.9 Å². The van der Waals surface area contributed by atoms with Gasteiger partial charge in [0.05, 0.1) is 40.0 Å². The molecule has 25 heavy (non-hydrogen) atoms. The van der Waals surface area contributed by atoms with Crippen molar-refractivity contribution in [3.63, 3.8) is 0 Å². The van der Waals surface area contributed by atoms with Crippen molar-refractivity contribution >= 4 is 11.9 Å². The molecule has 1 aromatic carbocycles. The van der Waals surface area contributed by atoms with E-state index in [9.17, 15) is 9.59 Å². The Labute approximate surface area is 145 Å². The SMILES string of the molecule is COC(=O)CC(NC(=O)c1cnccn1)c1ccc(OC)c(OC)c1. The van der Waals surface area contributed by atoms with Crippen LogP contribution in [0.4, 0.5) is 0 Å². The number of carbonyl (C=O) groups excluding carboxylic acids is 2. The Hall–Kier alpha value is -3.16. The van der Waals surface area contributed by atoms with E-state index in [0.717, 1.165) is 0 Å². The van der Waals surface area contributed by atoms with Crippen molar-refractivity contribution in [1.29, 1.82) is 0 Å². The highest BCUT2D eigenvalue weighted by atomic mass is 16.5.